The summed E-state index contributed by atoms with van der Waals surface area (Å²) in [6, 6.07) is 14.5. The van der Waals surface area contributed by atoms with Crippen molar-refractivity contribution in [2.75, 3.05) is 5.32 Å². The molecule has 0 fully saturated rings. The molecule has 0 unspecified atom stereocenters. The van der Waals surface area contributed by atoms with E-state index in [-0.39, 0.29) is 5.56 Å². The molecule has 0 radical (unpaired) electrons. The second-order valence-electron chi connectivity index (χ2n) is 6.32. The number of hydrogen-bond acceptors (Lipinski definition) is 6. The lowest BCUT2D eigenvalue weighted by molar-refractivity contribution is -0.274. The van der Waals surface area contributed by atoms with Crippen LogP contribution in [0.2, 0.25) is 0 Å². The van der Waals surface area contributed by atoms with Gasteiger partial charge in [0.2, 0.25) is 5.88 Å². The Morgan fingerprint density at radius 2 is 1.78 bits per heavy atom. The predicted octanol–water partition coefficient (Wildman–Crippen LogP) is 4.61. The Morgan fingerprint density at radius 3 is 2.50 bits per heavy atom. The van der Waals surface area contributed by atoms with Gasteiger partial charge in [0.1, 0.15) is 17.8 Å². The first-order valence-corrected chi connectivity index (χ1v) is 9.13. The number of hydrogen-bond donors (Lipinski definition) is 1. The highest BCUT2D eigenvalue weighted by atomic mass is 19.4. The molecular weight excluding hydrogens is 427 g/mol. The number of aromatic nitrogens is 4. The maximum absolute atomic E-state index is 12.4. The molecule has 0 bridgehead atoms. The number of anilines is 1. The molecule has 0 spiro atoms. The van der Waals surface area contributed by atoms with Crippen molar-refractivity contribution in [3.8, 4) is 23.2 Å². The average Bonchev–Trinajstić information content (AvgIpc) is 3.29. The topological polar surface area (TPSA) is 91.2 Å². The molecule has 1 N–H and O–H groups in total. The van der Waals surface area contributed by atoms with E-state index in [0.717, 1.165) is 12.1 Å². The number of benzene rings is 2. The summed E-state index contributed by atoms with van der Waals surface area (Å²) in [4.78, 5) is 20.5. The van der Waals surface area contributed by atoms with Gasteiger partial charge < -0.3 is 14.8 Å². The van der Waals surface area contributed by atoms with Gasteiger partial charge in [-0.1, -0.05) is 6.07 Å². The third-order valence-electron chi connectivity index (χ3n) is 4.03. The third kappa shape index (κ3) is 5.39. The minimum absolute atomic E-state index is 0.0132. The third-order valence-corrected chi connectivity index (χ3v) is 4.03. The molecule has 2 aromatic heterocycles. The monoisotopic (exact) mass is 441 g/mol. The van der Waals surface area contributed by atoms with Crippen LogP contribution < -0.4 is 14.8 Å². The molecule has 2 heterocycles. The van der Waals surface area contributed by atoms with E-state index in [2.05, 4.69) is 25.1 Å². The minimum atomic E-state index is -4.84. The van der Waals surface area contributed by atoms with Crippen molar-refractivity contribution in [3.63, 3.8) is 0 Å². The normalized spacial score (nSPS) is 11.1. The SMILES string of the molecule is O=C(Nc1ccc(Oc2cc(-n3cccn3)ncn2)cc1)c1cccc(OC(F)(F)F)c1. The zero-order chi connectivity index (χ0) is 22.6. The maximum atomic E-state index is 12.4. The summed E-state index contributed by atoms with van der Waals surface area (Å²) in [5, 5.41) is 6.69. The number of carbonyl (C=O) groups excluding carboxylic acids is 1. The summed E-state index contributed by atoms with van der Waals surface area (Å²) in [5.74, 6) is 0.206. The zero-order valence-electron chi connectivity index (χ0n) is 16.2. The van der Waals surface area contributed by atoms with E-state index in [1.165, 1.54) is 18.5 Å². The van der Waals surface area contributed by atoms with E-state index >= 15 is 0 Å². The van der Waals surface area contributed by atoms with E-state index in [0.29, 0.717) is 23.1 Å². The van der Waals surface area contributed by atoms with Gasteiger partial charge in [0.15, 0.2) is 5.82 Å². The van der Waals surface area contributed by atoms with Crippen LogP contribution in [-0.2, 0) is 0 Å². The van der Waals surface area contributed by atoms with Crippen LogP contribution in [0.4, 0.5) is 18.9 Å². The van der Waals surface area contributed by atoms with Gasteiger partial charge in [0.05, 0.1) is 0 Å². The van der Waals surface area contributed by atoms with Gasteiger partial charge in [-0.25, -0.2) is 14.6 Å². The van der Waals surface area contributed by atoms with Crippen LogP contribution in [0.15, 0.2) is 79.4 Å². The van der Waals surface area contributed by atoms with Crippen LogP contribution in [0, 0.1) is 0 Å². The Morgan fingerprint density at radius 1 is 0.969 bits per heavy atom. The lowest BCUT2D eigenvalue weighted by Crippen LogP contribution is -2.18. The molecule has 0 atom stereocenters. The molecule has 32 heavy (non-hydrogen) atoms. The van der Waals surface area contributed by atoms with Gasteiger partial charge in [-0.3, -0.25) is 4.79 Å². The second kappa shape index (κ2) is 8.76. The molecule has 0 saturated carbocycles. The van der Waals surface area contributed by atoms with E-state index in [4.69, 9.17) is 4.74 Å². The highest BCUT2D eigenvalue weighted by Crippen LogP contribution is 2.25. The van der Waals surface area contributed by atoms with Crippen molar-refractivity contribution in [1.82, 2.24) is 19.7 Å². The summed E-state index contributed by atoms with van der Waals surface area (Å²) in [6.45, 7) is 0. The summed E-state index contributed by atoms with van der Waals surface area (Å²) >= 11 is 0. The molecule has 0 aliphatic carbocycles. The van der Waals surface area contributed by atoms with Gasteiger partial charge in [-0.2, -0.15) is 5.10 Å². The minimum Gasteiger partial charge on any atom is -0.439 e. The van der Waals surface area contributed by atoms with E-state index < -0.39 is 18.0 Å². The molecular formula is C21H14F3N5O3. The van der Waals surface area contributed by atoms with Crippen LogP contribution in [-0.4, -0.2) is 32.0 Å². The Bertz CT molecular complexity index is 1210. The van der Waals surface area contributed by atoms with Crippen molar-refractivity contribution >= 4 is 11.6 Å². The molecule has 2 aromatic carbocycles. The van der Waals surface area contributed by atoms with Crippen molar-refractivity contribution in [1.29, 1.82) is 0 Å². The Balaban J connectivity index is 1.41. The zero-order valence-corrected chi connectivity index (χ0v) is 16.2. The van der Waals surface area contributed by atoms with Gasteiger partial charge in [-0.05, 0) is 48.5 Å². The van der Waals surface area contributed by atoms with Crippen LogP contribution in [0.5, 0.6) is 17.4 Å². The molecule has 162 valence electrons. The van der Waals surface area contributed by atoms with E-state index in [1.54, 1.807) is 53.5 Å². The van der Waals surface area contributed by atoms with Crippen LogP contribution in [0.25, 0.3) is 5.82 Å². The molecule has 0 aliphatic rings. The Kier molecular flexibility index (Phi) is 5.71. The van der Waals surface area contributed by atoms with Gasteiger partial charge >= 0.3 is 6.36 Å². The standard InChI is InChI=1S/C21H14F3N5O3/c22-21(23,24)32-17-4-1-3-14(11-17)20(30)28-15-5-7-16(8-6-15)31-19-12-18(25-13-26-19)29-10-2-9-27-29/h1-13H,(H,28,30). The first-order chi connectivity index (χ1) is 15.4. The lowest BCUT2D eigenvalue weighted by Gasteiger charge is -2.11. The molecule has 4 aromatic rings. The average molecular weight is 441 g/mol. The van der Waals surface area contributed by atoms with Crippen molar-refractivity contribution in [3.05, 3.63) is 84.9 Å². The van der Waals surface area contributed by atoms with Gasteiger partial charge in [0.25, 0.3) is 5.91 Å². The smallest absolute Gasteiger partial charge is 0.439 e. The maximum Gasteiger partial charge on any atom is 0.573 e. The summed E-state index contributed by atoms with van der Waals surface area (Å²) in [5.41, 5.74) is 0.434. The van der Waals surface area contributed by atoms with E-state index in [1.807, 2.05) is 0 Å². The predicted molar refractivity (Wildman–Crippen MR) is 107 cm³/mol. The van der Waals surface area contributed by atoms with Gasteiger partial charge in [-0.15, -0.1) is 13.2 Å². The van der Waals surface area contributed by atoms with Crippen molar-refractivity contribution in [2.45, 2.75) is 6.36 Å². The van der Waals surface area contributed by atoms with Crippen LogP contribution >= 0.6 is 0 Å². The fraction of sp³-hybridized carbons (Fsp3) is 0.0476. The number of ether oxygens (including phenoxy) is 2. The molecule has 1 amide bonds. The molecule has 4 rings (SSSR count). The lowest BCUT2D eigenvalue weighted by atomic mass is 10.2. The van der Waals surface area contributed by atoms with Crippen LogP contribution in [0.1, 0.15) is 10.4 Å². The molecule has 8 nitrogen and oxygen atoms in total. The largest absolute Gasteiger partial charge is 0.573 e. The molecule has 11 heteroatoms. The summed E-state index contributed by atoms with van der Waals surface area (Å²) in [6.07, 6.45) is -0.144. The second-order valence-corrected chi connectivity index (χ2v) is 6.32. The van der Waals surface area contributed by atoms with Crippen LogP contribution in [0.3, 0.4) is 0 Å². The fourth-order valence-electron chi connectivity index (χ4n) is 2.68. The summed E-state index contributed by atoms with van der Waals surface area (Å²) in [7, 11) is 0. The van der Waals surface area contributed by atoms with E-state index in [9.17, 15) is 18.0 Å². The van der Waals surface area contributed by atoms with Gasteiger partial charge in [0, 0.05) is 29.7 Å². The summed E-state index contributed by atoms with van der Waals surface area (Å²) < 4.78 is 48.2. The number of alkyl halides is 3. The highest BCUT2D eigenvalue weighted by Gasteiger charge is 2.31. The Hall–Kier alpha value is -4.41. The number of carbonyl (C=O) groups is 1. The highest BCUT2D eigenvalue weighted by molar-refractivity contribution is 6.04. The molecule has 0 aliphatic heterocycles. The number of amides is 1. The van der Waals surface area contributed by atoms with Crippen molar-refractivity contribution < 1.29 is 27.4 Å². The molecule has 0 saturated heterocycles. The number of halogens is 3. The first kappa shape index (κ1) is 20.8. The number of nitrogens with one attached hydrogen (secondary N) is 1. The first-order valence-electron chi connectivity index (χ1n) is 9.13. The Labute approximate surface area is 179 Å². The number of nitrogens with zero attached hydrogens (tertiary/aromatic N) is 4. The van der Waals surface area contributed by atoms with Crippen molar-refractivity contribution in [2.24, 2.45) is 0 Å². The number of rotatable bonds is 6. The quantitative estimate of drug-likeness (QED) is 0.470. The fourth-order valence-corrected chi connectivity index (χ4v) is 2.68.